The van der Waals surface area contributed by atoms with Crippen LogP contribution in [0.15, 0.2) is 23.1 Å². The average Bonchev–Trinajstić information content (AvgIpc) is 3.01. The highest BCUT2D eigenvalue weighted by Crippen LogP contribution is 2.46. The van der Waals surface area contributed by atoms with E-state index in [9.17, 15) is 0 Å². The molecule has 0 aliphatic heterocycles. The summed E-state index contributed by atoms with van der Waals surface area (Å²) in [6.07, 6.45) is 5.59. The second kappa shape index (κ2) is 5.63. The number of fused-ring (bicyclic) bond motifs is 2. The molecule has 3 rings (SSSR count). The predicted molar refractivity (Wildman–Crippen MR) is 83.2 cm³/mol. The maximum Gasteiger partial charge on any atom is 0.0576 e. The minimum Gasteiger partial charge on any atom is -0.397 e. The molecule has 4 N–H and O–H groups in total. The third kappa shape index (κ3) is 2.84. The lowest BCUT2D eigenvalue weighted by Crippen LogP contribution is -2.26. The largest absolute Gasteiger partial charge is 0.397 e. The zero-order chi connectivity index (χ0) is 13.2. The molecule has 2 fully saturated rings. The van der Waals surface area contributed by atoms with Crippen molar-refractivity contribution in [1.82, 2.24) is 4.72 Å². The van der Waals surface area contributed by atoms with E-state index >= 15 is 0 Å². The number of anilines is 2. The van der Waals surface area contributed by atoms with Crippen molar-refractivity contribution in [3.05, 3.63) is 18.2 Å². The Bertz CT molecular complexity index is 449. The first-order valence-corrected chi connectivity index (χ1v) is 8.13. The van der Waals surface area contributed by atoms with Gasteiger partial charge in [-0.15, -0.1) is 0 Å². The molecule has 2 aliphatic rings. The van der Waals surface area contributed by atoms with E-state index in [0.29, 0.717) is 6.04 Å². The van der Waals surface area contributed by atoms with E-state index in [1.54, 1.807) is 11.9 Å². The number of hydrogen-bond donors (Lipinski definition) is 3. The number of benzene rings is 1. The van der Waals surface area contributed by atoms with Crippen LogP contribution in [-0.4, -0.2) is 12.6 Å². The van der Waals surface area contributed by atoms with Gasteiger partial charge in [-0.05, 0) is 61.2 Å². The highest BCUT2D eigenvalue weighted by Gasteiger charge is 2.39. The molecule has 2 aliphatic carbocycles. The Morgan fingerprint density at radius 1 is 1.32 bits per heavy atom. The number of hydrogen-bond acceptors (Lipinski definition) is 4. The van der Waals surface area contributed by atoms with Crippen LogP contribution in [-0.2, 0) is 0 Å². The molecule has 0 amide bonds. The van der Waals surface area contributed by atoms with E-state index in [4.69, 9.17) is 5.73 Å². The van der Waals surface area contributed by atoms with E-state index < -0.39 is 0 Å². The Morgan fingerprint density at radius 2 is 2.21 bits per heavy atom. The van der Waals surface area contributed by atoms with Crippen molar-refractivity contribution in [3.8, 4) is 0 Å². The maximum atomic E-state index is 6.17. The van der Waals surface area contributed by atoms with Crippen LogP contribution in [0.3, 0.4) is 0 Å². The smallest absolute Gasteiger partial charge is 0.0576 e. The second-order valence-corrected chi connectivity index (χ2v) is 6.74. The highest BCUT2D eigenvalue weighted by atomic mass is 32.2. The molecule has 0 saturated heterocycles. The number of nitrogens with two attached hydrogens (primary N) is 1. The number of nitrogen functional groups attached to an aromatic ring is 1. The second-order valence-electron chi connectivity index (χ2n) is 5.77. The molecular formula is C15H23N3S. The monoisotopic (exact) mass is 277 g/mol. The molecule has 0 heterocycles. The summed E-state index contributed by atoms with van der Waals surface area (Å²) in [6.45, 7) is 3.05. The Balaban J connectivity index is 1.64. The quantitative estimate of drug-likeness (QED) is 0.569. The normalized spacial score (nSPS) is 28.8. The van der Waals surface area contributed by atoms with Crippen LogP contribution < -0.4 is 15.8 Å². The molecule has 0 spiro atoms. The van der Waals surface area contributed by atoms with Crippen LogP contribution >= 0.6 is 11.9 Å². The van der Waals surface area contributed by atoms with Gasteiger partial charge in [0.2, 0.25) is 0 Å². The van der Waals surface area contributed by atoms with E-state index in [1.807, 2.05) is 0 Å². The first-order valence-electron chi connectivity index (χ1n) is 7.32. The van der Waals surface area contributed by atoms with Crippen molar-refractivity contribution in [3.63, 3.8) is 0 Å². The summed E-state index contributed by atoms with van der Waals surface area (Å²) in [5, 5.41) is 3.67. The van der Waals surface area contributed by atoms with Crippen LogP contribution in [0.1, 0.15) is 32.6 Å². The van der Waals surface area contributed by atoms with Gasteiger partial charge in [0.25, 0.3) is 0 Å². The Labute approximate surface area is 119 Å². The zero-order valence-electron chi connectivity index (χ0n) is 11.5. The fourth-order valence-electron chi connectivity index (χ4n) is 3.51. The molecule has 2 saturated carbocycles. The molecule has 3 unspecified atom stereocenters. The van der Waals surface area contributed by atoms with Crippen molar-refractivity contribution < 1.29 is 0 Å². The highest BCUT2D eigenvalue weighted by molar-refractivity contribution is 7.97. The first-order chi connectivity index (χ1) is 9.26. The van der Waals surface area contributed by atoms with Gasteiger partial charge in [0.05, 0.1) is 11.4 Å². The summed E-state index contributed by atoms with van der Waals surface area (Å²) in [5.41, 5.74) is 8.14. The van der Waals surface area contributed by atoms with Gasteiger partial charge in [0, 0.05) is 17.5 Å². The molecule has 4 heteroatoms. The third-order valence-electron chi connectivity index (χ3n) is 4.44. The summed E-state index contributed by atoms with van der Waals surface area (Å²) in [4.78, 5) is 1.18. The van der Waals surface area contributed by atoms with Crippen molar-refractivity contribution in [2.45, 2.75) is 43.5 Å². The van der Waals surface area contributed by atoms with Gasteiger partial charge in [-0.2, -0.15) is 0 Å². The van der Waals surface area contributed by atoms with Crippen LogP contribution in [0.4, 0.5) is 11.4 Å². The molecule has 104 valence electrons. The SMILES string of the molecule is CCNSc1ccc(NC2CC3CCC2C3)c(N)c1. The summed E-state index contributed by atoms with van der Waals surface area (Å²) >= 11 is 1.64. The van der Waals surface area contributed by atoms with E-state index in [-0.39, 0.29) is 0 Å². The molecule has 19 heavy (non-hydrogen) atoms. The lowest BCUT2D eigenvalue weighted by molar-refractivity contribution is 0.440. The summed E-state index contributed by atoms with van der Waals surface area (Å²) in [6, 6.07) is 6.97. The van der Waals surface area contributed by atoms with Gasteiger partial charge in [0.1, 0.15) is 0 Å². The Kier molecular flexibility index (Phi) is 3.89. The summed E-state index contributed by atoms with van der Waals surface area (Å²) in [5.74, 6) is 1.84. The zero-order valence-corrected chi connectivity index (χ0v) is 12.3. The molecule has 3 atom stereocenters. The van der Waals surface area contributed by atoms with Gasteiger partial charge in [-0.3, -0.25) is 4.72 Å². The lowest BCUT2D eigenvalue weighted by atomic mass is 9.95. The topological polar surface area (TPSA) is 50.1 Å². The average molecular weight is 277 g/mol. The molecule has 1 aromatic carbocycles. The van der Waals surface area contributed by atoms with Crippen LogP contribution in [0.5, 0.6) is 0 Å². The summed E-state index contributed by atoms with van der Waals surface area (Å²) < 4.78 is 3.25. The predicted octanol–water partition coefficient (Wildman–Crippen LogP) is 3.49. The van der Waals surface area contributed by atoms with E-state index in [1.165, 1.54) is 30.6 Å². The lowest BCUT2D eigenvalue weighted by Gasteiger charge is -2.25. The Morgan fingerprint density at radius 3 is 2.84 bits per heavy atom. The van der Waals surface area contributed by atoms with Gasteiger partial charge in [-0.1, -0.05) is 13.3 Å². The van der Waals surface area contributed by atoms with Crippen LogP contribution in [0.2, 0.25) is 0 Å². The molecule has 2 bridgehead atoms. The summed E-state index contributed by atoms with van der Waals surface area (Å²) in [7, 11) is 0. The molecule has 0 aromatic heterocycles. The molecule has 3 nitrogen and oxygen atoms in total. The Hall–Kier alpha value is -0.870. The fourth-order valence-corrected chi connectivity index (χ4v) is 4.15. The van der Waals surface area contributed by atoms with Crippen molar-refractivity contribution >= 4 is 23.3 Å². The molecule has 0 radical (unpaired) electrons. The molecular weight excluding hydrogens is 254 g/mol. The molecule has 1 aromatic rings. The van der Waals surface area contributed by atoms with Crippen molar-refractivity contribution in [1.29, 1.82) is 0 Å². The number of rotatable bonds is 5. The van der Waals surface area contributed by atoms with Gasteiger partial charge < -0.3 is 11.1 Å². The standard InChI is InChI=1S/C15H23N3S/c1-2-17-19-12-5-6-14(13(16)9-12)18-15-8-10-3-4-11(15)7-10/h5-6,9-11,15,17-18H,2-4,7-8,16H2,1H3. The minimum atomic E-state index is 0.647. The van der Waals surface area contributed by atoms with Gasteiger partial charge >= 0.3 is 0 Å². The van der Waals surface area contributed by atoms with Gasteiger partial charge in [-0.25, -0.2) is 0 Å². The van der Waals surface area contributed by atoms with Crippen molar-refractivity contribution in [2.24, 2.45) is 11.8 Å². The maximum absolute atomic E-state index is 6.17. The van der Waals surface area contributed by atoms with Crippen molar-refractivity contribution in [2.75, 3.05) is 17.6 Å². The first kappa shape index (κ1) is 13.1. The third-order valence-corrected chi connectivity index (χ3v) is 5.36. The number of nitrogens with one attached hydrogen (secondary N) is 2. The van der Waals surface area contributed by atoms with Crippen LogP contribution in [0, 0.1) is 11.8 Å². The minimum absolute atomic E-state index is 0.647. The van der Waals surface area contributed by atoms with Crippen LogP contribution in [0.25, 0.3) is 0 Å². The fraction of sp³-hybridized carbons (Fsp3) is 0.600. The van der Waals surface area contributed by atoms with Gasteiger partial charge in [0.15, 0.2) is 0 Å². The van der Waals surface area contributed by atoms with E-state index in [2.05, 4.69) is 35.2 Å². The van der Waals surface area contributed by atoms with E-state index in [0.717, 1.165) is 29.8 Å².